The van der Waals surface area contributed by atoms with E-state index in [0.29, 0.717) is 16.4 Å². The number of amides is 1. The van der Waals surface area contributed by atoms with Crippen molar-refractivity contribution in [1.82, 2.24) is 0 Å². The van der Waals surface area contributed by atoms with Crippen molar-refractivity contribution in [1.29, 1.82) is 0 Å². The lowest BCUT2D eigenvalue weighted by molar-refractivity contribution is -0.117. The van der Waals surface area contributed by atoms with E-state index < -0.39 is 10.0 Å². The molecule has 0 aromatic heterocycles. The van der Waals surface area contributed by atoms with Crippen LogP contribution in [-0.2, 0) is 14.8 Å². The largest absolute Gasteiger partial charge is 0.312 e. The van der Waals surface area contributed by atoms with Crippen molar-refractivity contribution in [3.05, 3.63) is 53.6 Å². The summed E-state index contributed by atoms with van der Waals surface area (Å²) in [6.45, 7) is -0.224. The van der Waals surface area contributed by atoms with Crippen molar-refractivity contribution >= 4 is 38.9 Å². The minimum Gasteiger partial charge on any atom is -0.312 e. The number of anilines is 2. The van der Waals surface area contributed by atoms with Crippen LogP contribution < -0.4 is 9.21 Å². The maximum absolute atomic E-state index is 12.8. The molecule has 2 aromatic carbocycles. The molecule has 7 heteroatoms. The quantitative estimate of drug-likeness (QED) is 0.846. The van der Waals surface area contributed by atoms with E-state index in [1.807, 2.05) is 0 Å². The van der Waals surface area contributed by atoms with Crippen molar-refractivity contribution in [2.75, 3.05) is 22.8 Å². The molecule has 1 heterocycles. The highest BCUT2D eigenvalue weighted by Gasteiger charge is 2.34. The number of rotatable bonds is 2. The van der Waals surface area contributed by atoms with Gasteiger partial charge in [0.2, 0.25) is 5.91 Å². The summed E-state index contributed by atoms with van der Waals surface area (Å²) in [5.41, 5.74) is 1.05. The molecule has 0 saturated heterocycles. The lowest BCUT2D eigenvalue weighted by Gasteiger charge is -2.34. The standard InChI is InChI=1S/C15H13ClN2O3S/c1-17-13-4-2-3-5-14(13)18(10-15(17)19)22(20,21)12-8-6-11(16)7-9-12/h2-9H,10H2,1H3. The molecule has 3 rings (SSSR count). The first-order chi connectivity index (χ1) is 10.4. The summed E-state index contributed by atoms with van der Waals surface area (Å²) in [6.07, 6.45) is 0. The minimum atomic E-state index is -3.82. The number of likely N-dealkylation sites (N-methyl/N-ethyl adjacent to an activating group) is 1. The van der Waals surface area contributed by atoms with Gasteiger partial charge >= 0.3 is 0 Å². The zero-order valence-electron chi connectivity index (χ0n) is 11.7. The SMILES string of the molecule is CN1C(=O)CN(S(=O)(=O)c2ccc(Cl)cc2)c2ccccc21. The Bertz CT molecular complexity index is 834. The van der Waals surface area contributed by atoms with E-state index in [4.69, 9.17) is 11.6 Å². The molecule has 2 aromatic rings. The average molecular weight is 337 g/mol. The van der Waals surface area contributed by atoms with Crippen LogP contribution in [0.5, 0.6) is 0 Å². The lowest BCUT2D eigenvalue weighted by Crippen LogP contribution is -2.46. The Balaban J connectivity index is 2.13. The Hall–Kier alpha value is -2.05. The van der Waals surface area contributed by atoms with E-state index in [0.717, 1.165) is 4.31 Å². The third-order valence-corrected chi connectivity index (χ3v) is 5.59. The first kappa shape index (κ1) is 14.9. The monoisotopic (exact) mass is 336 g/mol. The van der Waals surface area contributed by atoms with Crippen LogP contribution in [0.15, 0.2) is 53.4 Å². The van der Waals surface area contributed by atoms with E-state index in [1.165, 1.54) is 29.2 Å². The second-order valence-electron chi connectivity index (χ2n) is 4.91. The second kappa shape index (κ2) is 5.30. The number of carbonyl (C=O) groups excluding carboxylic acids is 1. The highest BCUT2D eigenvalue weighted by molar-refractivity contribution is 7.92. The topological polar surface area (TPSA) is 57.7 Å². The Morgan fingerprint density at radius 2 is 1.59 bits per heavy atom. The zero-order valence-corrected chi connectivity index (χ0v) is 13.3. The number of carbonyl (C=O) groups is 1. The number of para-hydroxylation sites is 2. The van der Waals surface area contributed by atoms with Crippen LogP contribution in [0.1, 0.15) is 0 Å². The first-order valence-corrected chi connectivity index (χ1v) is 8.37. The predicted octanol–water partition coefficient (Wildman–Crippen LogP) is 2.51. The predicted molar refractivity (Wildman–Crippen MR) is 85.8 cm³/mol. The fraction of sp³-hybridized carbons (Fsp3) is 0.133. The Morgan fingerprint density at radius 1 is 1.00 bits per heavy atom. The molecule has 114 valence electrons. The molecule has 0 N–H and O–H groups in total. The number of hydrogen-bond acceptors (Lipinski definition) is 3. The molecule has 0 fully saturated rings. The summed E-state index contributed by atoms with van der Waals surface area (Å²) in [4.78, 5) is 13.7. The van der Waals surface area contributed by atoms with Crippen LogP contribution in [0.2, 0.25) is 5.02 Å². The molecule has 0 atom stereocenters. The molecule has 1 amide bonds. The first-order valence-electron chi connectivity index (χ1n) is 6.55. The Kier molecular flexibility index (Phi) is 3.58. The highest BCUT2D eigenvalue weighted by Crippen LogP contribution is 2.36. The van der Waals surface area contributed by atoms with Crippen LogP contribution >= 0.6 is 11.6 Å². The van der Waals surface area contributed by atoms with Crippen molar-refractivity contribution in [3.8, 4) is 0 Å². The van der Waals surface area contributed by atoms with E-state index in [-0.39, 0.29) is 17.3 Å². The van der Waals surface area contributed by atoms with Crippen LogP contribution in [0.3, 0.4) is 0 Å². The van der Waals surface area contributed by atoms with E-state index in [1.54, 1.807) is 31.3 Å². The van der Waals surface area contributed by atoms with Gasteiger partial charge < -0.3 is 4.90 Å². The summed E-state index contributed by atoms with van der Waals surface area (Å²) >= 11 is 5.80. The van der Waals surface area contributed by atoms with Gasteiger partial charge in [-0.2, -0.15) is 0 Å². The van der Waals surface area contributed by atoms with Gasteiger partial charge in [-0.05, 0) is 36.4 Å². The van der Waals surface area contributed by atoms with E-state index in [9.17, 15) is 13.2 Å². The highest BCUT2D eigenvalue weighted by atomic mass is 35.5. The molecule has 0 radical (unpaired) electrons. The maximum Gasteiger partial charge on any atom is 0.264 e. The number of sulfonamides is 1. The molecule has 1 aliphatic rings. The molecule has 1 aliphatic heterocycles. The van der Waals surface area contributed by atoms with Crippen molar-refractivity contribution in [2.24, 2.45) is 0 Å². The van der Waals surface area contributed by atoms with Crippen molar-refractivity contribution < 1.29 is 13.2 Å². The maximum atomic E-state index is 12.8. The number of hydrogen-bond donors (Lipinski definition) is 0. The van der Waals surface area contributed by atoms with Crippen LogP contribution in [0.25, 0.3) is 0 Å². The van der Waals surface area contributed by atoms with Gasteiger partial charge in [0.05, 0.1) is 16.3 Å². The van der Waals surface area contributed by atoms with Crippen LogP contribution in [0, 0.1) is 0 Å². The molecular weight excluding hydrogens is 324 g/mol. The van der Waals surface area contributed by atoms with Gasteiger partial charge in [0.15, 0.2) is 0 Å². The average Bonchev–Trinajstić information content (AvgIpc) is 2.51. The summed E-state index contributed by atoms with van der Waals surface area (Å²) in [5, 5.41) is 0.453. The Labute approximate surface area is 133 Å². The normalized spacial score (nSPS) is 14.9. The molecule has 0 unspecified atom stereocenters. The third kappa shape index (κ3) is 2.34. The minimum absolute atomic E-state index is 0.101. The fourth-order valence-electron chi connectivity index (χ4n) is 2.36. The summed E-state index contributed by atoms with van der Waals surface area (Å²) < 4.78 is 26.8. The molecular formula is C15H13ClN2O3S. The molecule has 0 saturated carbocycles. The van der Waals surface area contributed by atoms with Crippen molar-refractivity contribution in [2.45, 2.75) is 4.90 Å². The third-order valence-electron chi connectivity index (χ3n) is 3.57. The van der Waals surface area contributed by atoms with Gasteiger partial charge in [-0.25, -0.2) is 8.42 Å². The van der Waals surface area contributed by atoms with E-state index >= 15 is 0 Å². The fourth-order valence-corrected chi connectivity index (χ4v) is 3.91. The van der Waals surface area contributed by atoms with Gasteiger partial charge in [-0.1, -0.05) is 23.7 Å². The molecule has 22 heavy (non-hydrogen) atoms. The smallest absolute Gasteiger partial charge is 0.264 e. The van der Waals surface area contributed by atoms with E-state index in [2.05, 4.69) is 0 Å². The molecule has 0 aliphatic carbocycles. The summed E-state index contributed by atoms with van der Waals surface area (Å²) in [6, 6.07) is 12.8. The summed E-state index contributed by atoms with van der Waals surface area (Å²) in [7, 11) is -2.19. The van der Waals surface area contributed by atoms with Gasteiger partial charge in [0.25, 0.3) is 10.0 Å². The van der Waals surface area contributed by atoms with Crippen molar-refractivity contribution in [3.63, 3.8) is 0 Å². The number of nitrogens with zero attached hydrogens (tertiary/aromatic N) is 2. The summed E-state index contributed by atoms with van der Waals surface area (Å²) in [5.74, 6) is -0.281. The Morgan fingerprint density at radius 3 is 2.23 bits per heavy atom. The molecule has 0 spiro atoms. The van der Waals surface area contributed by atoms with Crippen LogP contribution in [-0.4, -0.2) is 27.9 Å². The van der Waals surface area contributed by atoms with Crippen LogP contribution in [0.4, 0.5) is 11.4 Å². The number of fused-ring (bicyclic) bond motifs is 1. The van der Waals surface area contributed by atoms with Gasteiger partial charge in [0.1, 0.15) is 6.54 Å². The number of benzene rings is 2. The zero-order chi connectivity index (χ0) is 15.9. The molecule has 0 bridgehead atoms. The molecule has 5 nitrogen and oxygen atoms in total. The van der Waals surface area contributed by atoms with Gasteiger partial charge in [-0.15, -0.1) is 0 Å². The van der Waals surface area contributed by atoms with Gasteiger partial charge in [0, 0.05) is 12.1 Å². The second-order valence-corrected chi connectivity index (χ2v) is 7.21. The van der Waals surface area contributed by atoms with Gasteiger partial charge in [-0.3, -0.25) is 9.10 Å². The lowest BCUT2D eigenvalue weighted by atomic mass is 10.2. The number of halogens is 1.